The Hall–Kier alpha value is -3.00. The smallest absolute Gasteiger partial charge is 0.338 e. The van der Waals surface area contributed by atoms with Crippen molar-refractivity contribution in [2.24, 2.45) is 0 Å². The number of nitro groups is 1. The monoisotopic (exact) mass is 351 g/mol. The van der Waals surface area contributed by atoms with Crippen molar-refractivity contribution in [3.8, 4) is 0 Å². The summed E-state index contributed by atoms with van der Waals surface area (Å²) in [6, 6.07) is 8.44. The fourth-order valence-corrected chi connectivity index (χ4v) is 1.75. The molecule has 1 aromatic heterocycles. The van der Waals surface area contributed by atoms with E-state index < -0.39 is 10.9 Å². The lowest BCUT2D eigenvalue weighted by molar-refractivity contribution is -0.384. The second-order valence-corrected chi connectivity index (χ2v) is 4.49. The summed E-state index contributed by atoms with van der Waals surface area (Å²) in [5.41, 5.74) is 0.572. The van der Waals surface area contributed by atoms with E-state index in [4.69, 9.17) is 4.74 Å². The number of nitrogens with zero attached hydrogens (tertiary/aromatic N) is 1. The second kappa shape index (κ2) is 9.21. The van der Waals surface area contributed by atoms with Crippen molar-refractivity contribution in [2.75, 3.05) is 13.2 Å². The van der Waals surface area contributed by atoms with E-state index in [0.29, 0.717) is 5.56 Å². The summed E-state index contributed by atoms with van der Waals surface area (Å²) in [6.07, 6.45) is 3.24. The lowest BCUT2D eigenvalue weighted by Gasteiger charge is -2.06. The number of pyridine rings is 1. The maximum absolute atomic E-state index is 11.7. The number of carbonyl (C=O) groups is 2. The highest BCUT2D eigenvalue weighted by Crippen LogP contribution is 2.12. The normalized spacial score (nSPS) is 9.50. The zero-order valence-electron chi connectivity index (χ0n) is 12.4. The quantitative estimate of drug-likeness (QED) is 0.280. The number of halogens is 1. The van der Waals surface area contributed by atoms with Crippen LogP contribution in [0.3, 0.4) is 0 Å². The molecule has 2 rings (SSSR count). The van der Waals surface area contributed by atoms with Gasteiger partial charge in [-0.3, -0.25) is 14.9 Å². The molecule has 0 radical (unpaired) electrons. The molecule has 0 spiro atoms. The van der Waals surface area contributed by atoms with Gasteiger partial charge < -0.3 is 22.5 Å². The van der Waals surface area contributed by atoms with Crippen LogP contribution in [0.25, 0.3) is 0 Å². The zero-order chi connectivity index (χ0) is 16.7. The topological polar surface area (TPSA) is 113 Å². The molecule has 2 aromatic rings. The predicted octanol–water partition coefficient (Wildman–Crippen LogP) is -2.00. The number of ether oxygens (including phenoxy) is 1. The molecule has 9 heteroatoms. The summed E-state index contributed by atoms with van der Waals surface area (Å²) >= 11 is 0. The fraction of sp³-hybridized carbons (Fsp3) is 0.133. The summed E-state index contributed by atoms with van der Waals surface area (Å²) in [5.74, 6) is -0.893. The Kier molecular flexibility index (Phi) is 7.31. The second-order valence-electron chi connectivity index (χ2n) is 4.49. The van der Waals surface area contributed by atoms with Crippen molar-refractivity contribution >= 4 is 17.6 Å². The predicted molar refractivity (Wildman–Crippen MR) is 78.7 cm³/mol. The average molecular weight is 352 g/mol. The number of aromatic nitrogens is 1. The van der Waals surface area contributed by atoms with E-state index in [-0.39, 0.29) is 42.7 Å². The van der Waals surface area contributed by atoms with Crippen LogP contribution >= 0.6 is 0 Å². The van der Waals surface area contributed by atoms with Crippen molar-refractivity contribution in [2.45, 2.75) is 0 Å². The maximum Gasteiger partial charge on any atom is 0.338 e. The molecule has 1 heterocycles. The minimum absolute atomic E-state index is 0. The van der Waals surface area contributed by atoms with Crippen LogP contribution in [0.2, 0.25) is 0 Å². The summed E-state index contributed by atoms with van der Waals surface area (Å²) in [4.78, 5) is 36.2. The van der Waals surface area contributed by atoms with Crippen LogP contribution in [-0.2, 0) is 4.74 Å². The van der Waals surface area contributed by atoms with Crippen LogP contribution in [0, 0.1) is 10.1 Å². The third-order valence-corrected chi connectivity index (χ3v) is 2.90. The summed E-state index contributed by atoms with van der Waals surface area (Å²) in [6.45, 7) is 0.157. The largest absolute Gasteiger partial charge is 1.00 e. The molecule has 8 nitrogen and oxygen atoms in total. The molecule has 0 aliphatic rings. The van der Waals surface area contributed by atoms with E-state index in [1.165, 1.54) is 24.3 Å². The van der Waals surface area contributed by atoms with Crippen molar-refractivity contribution in [3.05, 3.63) is 70.0 Å². The highest BCUT2D eigenvalue weighted by molar-refractivity contribution is 5.93. The van der Waals surface area contributed by atoms with Crippen molar-refractivity contribution in [1.82, 2.24) is 5.32 Å². The van der Waals surface area contributed by atoms with Gasteiger partial charge >= 0.3 is 5.97 Å². The van der Waals surface area contributed by atoms with Gasteiger partial charge in [-0.1, -0.05) is 0 Å². The number of H-pyrrole nitrogens is 1. The van der Waals surface area contributed by atoms with Gasteiger partial charge in [-0.25, -0.2) is 9.78 Å². The summed E-state index contributed by atoms with van der Waals surface area (Å²) in [5, 5.41) is 13.1. The van der Waals surface area contributed by atoms with E-state index in [9.17, 15) is 19.7 Å². The third kappa shape index (κ3) is 5.33. The maximum atomic E-state index is 11.7. The van der Waals surface area contributed by atoms with Crippen LogP contribution < -0.4 is 22.7 Å². The SMILES string of the molecule is O=C(NCCOC(=O)c1ccc([N+](=O)[O-])cc1)c1ccc[nH+]c1.[Cl-]. The molecule has 0 aliphatic carbocycles. The molecule has 1 aromatic carbocycles. The zero-order valence-corrected chi connectivity index (χ0v) is 13.2. The van der Waals surface area contributed by atoms with Gasteiger partial charge in [0.05, 0.1) is 17.0 Å². The Balaban J connectivity index is 0.00000288. The van der Waals surface area contributed by atoms with Gasteiger partial charge in [-0.2, -0.15) is 0 Å². The minimum Gasteiger partial charge on any atom is -1.00 e. The Morgan fingerprint density at radius 3 is 2.46 bits per heavy atom. The molecular formula is C15H14ClN3O5. The van der Waals surface area contributed by atoms with Crippen LogP contribution in [0.5, 0.6) is 0 Å². The molecule has 126 valence electrons. The van der Waals surface area contributed by atoms with Crippen LogP contribution in [0.15, 0.2) is 48.8 Å². The number of nitro benzene ring substituents is 1. The molecule has 1 amide bonds. The van der Waals surface area contributed by atoms with Gasteiger partial charge in [0, 0.05) is 18.2 Å². The van der Waals surface area contributed by atoms with Crippen LogP contribution in [0.1, 0.15) is 20.7 Å². The number of hydrogen-bond donors (Lipinski definition) is 1. The number of non-ortho nitro benzene ring substituents is 1. The van der Waals surface area contributed by atoms with Gasteiger partial charge in [0.15, 0.2) is 12.4 Å². The molecular weight excluding hydrogens is 338 g/mol. The van der Waals surface area contributed by atoms with Gasteiger partial charge in [-0.05, 0) is 18.2 Å². The lowest BCUT2D eigenvalue weighted by atomic mass is 10.2. The van der Waals surface area contributed by atoms with E-state index in [1.807, 2.05) is 0 Å². The number of carbonyl (C=O) groups excluding carboxylic acids is 2. The Morgan fingerprint density at radius 2 is 1.88 bits per heavy atom. The van der Waals surface area contributed by atoms with Crippen LogP contribution in [0.4, 0.5) is 5.69 Å². The molecule has 0 atom stereocenters. The molecule has 24 heavy (non-hydrogen) atoms. The number of benzene rings is 1. The lowest BCUT2D eigenvalue weighted by Crippen LogP contribution is -3.00. The third-order valence-electron chi connectivity index (χ3n) is 2.90. The first-order valence-corrected chi connectivity index (χ1v) is 6.74. The molecule has 0 fully saturated rings. The van der Waals surface area contributed by atoms with Gasteiger partial charge in [0.1, 0.15) is 12.2 Å². The number of esters is 1. The first-order valence-electron chi connectivity index (χ1n) is 6.74. The number of nitrogens with one attached hydrogen (secondary N) is 2. The minimum atomic E-state index is -0.609. The van der Waals surface area contributed by atoms with Gasteiger partial charge in [0.2, 0.25) is 0 Å². The fourth-order valence-electron chi connectivity index (χ4n) is 1.75. The average Bonchev–Trinajstić information content (AvgIpc) is 2.59. The van der Waals surface area contributed by atoms with E-state index in [1.54, 1.807) is 24.5 Å². The van der Waals surface area contributed by atoms with Gasteiger partial charge in [-0.15, -0.1) is 0 Å². The summed E-state index contributed by atoms with van der Waals surface area (Å²) < 4.78 is 4.98. The van der Waals surface area contributed by atoms with Gasteiger partial charge in [0.25, 0.3) is 11.6 Å². The number of rotatable bonds is 6. The number of aromatic amines is 1. The Morgan fingerprint density at radius 1 is 1.17 bits per heavy atom. The molecule has 0 saturated carbocycles. The highest BCUT2D eigenvalue weighted by Gasteiger charge is 2.11. The molecule has 0 unspecified atom stereocenters. The van der Waals surface area contributed by atoms with Crippen LogP contribution in [-0.4, -0.2) is 30.0 Å². The number of amides is 1. The molecule has 0 saturated heterocycles. The van der Waals surface area contributed by atoms with E-state index >= 15 is 0 Å². The molecule has 0 bridgehead atoms. The number of hydrogen-bond acceptors (Lipinski definition) is 5. The first kappa shape index (κ1) is 19.0. The first-order chi connectivity index (χ1) is 11.1. The van der Waals surface area contributed by atoms with Crippen molar-refractivity contribution in [1.29, 1.82) is 0 Å². The van der Waals surface area contributed by atoms with E-state index in [0.717, 1.165) is 0 Å². The van der Waals surface area contributed by atoms with E-state index in [2.05, 4.69) is 10.3 Å². The molecule has 0 aliphatic heterocycles. The molecule has 2 N–H and O–H groups in total. The van der Waals surface area contributed by atoms with Crippen molar-refractivity contribution < 1.29 is 36.6 Å². The summed E-state index contributed by atoms with van der Waals surface area (Å²) in [7, 11) is 0. The van der Waals surface area contributed by atoms with Crippen molar-refractivity contribution in [3.63, 3.8) is 0 Å². The highest BCUT2D eigenvalue weighted by atomic mass is 35.5. The Labute approximate surface area is 143 Å². The Bertz CT molecular complexity index is 707. The standard InChI is InChI=1S/C15H13N3O5.ClH/c19-14(12-2-1-7-16-10-12)17-8-9-23-15(20)11-3-5-13(6-4-11)18(21)22;/h1-7,10H,8-9H2,(H,17,19);1H.